The van der Waals surface area contributed by atoms with Crippen molar-refractivity contribution in [3.8, 4) is 17.6 Å². The summed E-state index contributed by atoms with van der Waals surface area (Å²) in [7, 11) is 1.61. The zero-order chi connectivity index (χ0) is 17.5. The lowest BCUT2D eigenvalue weighted by Crippen LogP contribution is -2.27. The maximum Gasteiger partial charge on any atom is 0.155 e. The Morgan fingerprint density at radius 1 is 1.00 bits per heavy atom. The van der Waals surface area contributed by atoms with E-state index in [-0.39, 0.29) is 0 Å². The maximum atomic E-state index is 11.4. The van der Waals surface area contributed by atoms with Crippen LogP contribution in [0.5, 0.6) is 5.75 Å². The van der Waals surface area contributed by atoms with Crippen molar-refractivity contribution in [2.75, 3.05) is 7.11 Å². The number of nitrogens with zero attached hydrogens (tertiary/aromatic N) is 1. The Hall–Kier alpha value is -3.09. The van der Waals surface area contributed by atoms with Gasteiger partial charge >= 0.3 is 0 Å². The van der Waals surface area contributed by atoms with Gasteiger partial charge in [-0.2, -0.15) is 0 Å². The van der Waals surface area contributed by atoms with Gasteiger partial charge in [0, 0.05) is 12.6 Å². The van der Waals surface area contributed by atoms with Crippen LogP contribution in [0.2, 0.25) is 0 Å². The number of aliphatic hydroxyl groups is 1. The SMILES string of the molecule is COc1cccc(C(O)(C#Cc2ccccn2)Cc2ccccc2)c1. The summed E-state index contributed by atoms with van der Waals surface area (Å²) < 4.78 is 5.29. The monoisotopic (exact) mass is 329 g/mol. The van der Waals surface area contributed by atoms with Crippen molar-refractivity contribution in [1.82, 2.24) is 4.98 Å². The van der Waals surface area contributed by atoms with Crippen molar-refractivity contribution in [3.05, 3.63) is 95.8 Å². The second-order valence-corrected chi connectivity index (χ2v) is 5.72. The Balaban J connectivity index is 2.02. The predicted octanol–water partition coefficient (Wildman–Crippen LogP) is 3.57. The maximum absolute atomic E-state index is 11.4. The van der Waals surface area contributed by atoms with E-state index in [9.17, 15) is 5.11 Å². The van der Waals surface area contributed by atoms with Gasteiger partial charge in [0.2, 0.25) is 0 Å². The van der Waals surface area contributed by atoms with Crippen LogP contribution in [0.1, 0.15) is 16.8 Å². The van der Waals surface area contributed by atoms with Gasteiger partial charge in [-0.3, -0.25) is 0 Å². The van der Waals surface area contributed by atoms with Gasteiger partial charge in [0.25, 0.3) is 0 Å². The van der Waals surface area contributed by atoms with Crippen molar-refractivity contribution in [2.45, 2.75) is 12.0 Å². The van der Waals surface area contributed by atoms with Gasteiger partial charge < -0.3 is 9.84 Å². The molecule has 3 nitrogen and oxygen atoms in total. The minimum absolute atomic E-state index is 0.376. The Kier molecular flexibility index (Phi) is 5.13. The molecule has 25 heavy (non-hydrogen) atoms. The second-order valence-electron chi connectivity index (χ2n) is 5.72. The molecule has 0 aliphatic rings. The van der Waals surface area contributed by atoms with Crippen LogP contribution in [-0.4, -0.2) is 17.2 Å². The summed E-state index contributed by atoms with van der Waals surface area (Å²) in [5.41, 5.74) is 0.979. The molecule has 0 radical (unpaired) electrons. The quantitative estimate of drug-likeness (QED) is 0.744. The Labute approximate surface area is 147 Å². The molecule has 0 spiro atoms. The highest BCUT2D eigenvalue weighted by atomic mass is 16.5. The first-order valence-electron chi connectivity index (χ1n) is 8.05. The molecule has 0 saturated carbocycles. The summed E-state index contributed by atoms with van der Waals surface area (Å²) in [4.78, 5) is 4.21. The van der Waals surface area contributed by atoms with Crippen LogP contribution in [-0.2, 0) is 12.0 Å². The van der Waals surface area contributed by atoms with E-state index in [1.165, 1.54) is 0 Å². The smallest absolute Gasteiger partial charge is 0.155 e. The number of hydrogen-bond acceptors (Lipinski definition) is 3. The molecule has 124 valence electrons. The number of methoxy groups -OCH3 is 1. The van der Waals surface area contributed by atoms with E-state index < -0.39 is 5.60 Å². The van der Waals surface area contributed by atoms with E-state index in [1.807, 2.05) is 72.8 Å². The largest absolute Gasteiger partial charge is 0.497 e. The zero-order valence-corrected chi connectivity index (χ0v) is 14.0. The van der Waals surface area contributed by atoms with Crippen LogP contribution in [0.3, 0.4) is 0 Å². The van der Waals surface area contributed by atoms with Crippen molar-refractivity contribution in [3.63, 3.8) is 0 Å². The van der Waals surface area contributed by atoms with Gasteiger partial charge in [-0.05, 0) is 41.3 Å². The van der Waals surface area contributed by atoms with Crippen molar-refractivity contribution in [1.29, 1.82) is 0 Å². The van der Waals surface area contributed by atoms with E-state index in [0.29, 0.717) is 23.4 Å². The third-order valence-corrected chi connectivity index (χ3v) is 3.91. The topological polar surface area (TPSA) is 42.4 Å². The first-order chi connectivity index (χ1) is 12.2. The van der Waals surface area contributed by atoms with Gasteiger partial charge in [0.05, 0.1) is 7.11 Å². The van der Waals surface area contributed by atoms with E-state index in [4.69, 9.17) is 4.74 Å². The van der Waals surface area contributed by atoms with Crippen LogP contribution in [0, 0.1) is 11.8 Å². The number of hydrogen-bond donors (Lipinski definition) is 1. The summed E-state index contributed by atoms with van der Waals surface area (Å²) in [6, 6.07) is 22.7. The minimum Gasteiger partial charge on any atom is -0.497 e. The Morgan fingerprint density at radius 3 is 2.52 bits per heavy atom. The van der Waals surface area contributed by atoms with Gasteiger partial charge in [-0.25, -0.2) is 4.98 Å². The van der Waals surface area contributed by atoms with E-state index in [1.54, 1.807) is 13.3 Å². The standard InChI is InChI=1S/C22H19NO2/c1-25-21-12-7-10-19(16-21)22(24,17-18-8-3-2-4-9-18)14-13-20-11-5-6-15-23-20/h2-12,15-16,24H,17H2,1H3. The molecule has 3 aromatic rings. The number of ether oxygens (including phenoxy) is 1. The summed E-state index contributed by atoms with van der Waals surface area (Å²) >= 11 is 0. The molecule has 1 unspecified atom stereocenters. The number of benzene rings is 2. The highest BCUT2D eigenvalue weighted by Gasteiger charge is 2.28. The lowest BCUT2D eigenvalue weighted by molar-refractivity contribution is 0.100. The number of pyridine rings is 1. The van der Waals surface area contributed by atoms with Gasteiger partial charge in [0.1, 0.15) is 11.4 Å². The lowest BCUT2D eigenvalue weighted by Gasteiger charge is -2.23. The fourth-order valence-corrected chi connectivity index (χ4v) is 2.59. The molecule has 0 fully saturated rings. The molecule has 0 bridgehead atoms. The van der Waals surface area contributed by atoms with Crippen molar-refractivity contribution < 1.29 is 9.84 Å². The highest BCUT2D eigenvalue weighted by molar-refractivity contribution is 5.42. The van der Waals surface area contributed by atoms with Crippen molar-refractivity contribution in [2.24, 2.45) is 0 Å². The van der Waals surface area contributed by atoms with Crippen LogP contribution < -0.4 is 4.74 Å². The van der Waals surface area contributed by atoms with Crippen LogP contribution in [0.4, 0.5) is 0 Å². The van der Waals surface area contributed by atoms with Crippen LogP contribution in [0.25, 0.3) is 0 Å². The summed E-state index contributed by atoms with van der Waals surface area (Å²) in [6.07, 6.45) is 2.06. The Bertz CT molecular complexity index is 882. The van der Waals surface area contributed by atoms with Crippen LogP contribution >= 0.6 is 0 Å². The molecule has 0 amide bonds. The first-order valence-corrected chi connectivity index (χ1v) is 8.05. The molecule has 0 saturated heterocycles. The summed E-state index contributed by atoms with van der Waals surface area (Å²) in [6.45, 7) is 0. The number of aromatic nitrogens is 1. The molecule has 2 aromatic carbocycles. The molecule has 3 rings (SSSR count). The van der Waals surface area contributed by atoms with E-state index >= 15 is 0 Å². The van der Waals surface area contributed by atoms with Gasteiger partial charge in [-0.15, -0.1) is 0 Å². The predicted molar refractivity (Wildman–Crippen MR) is 98.2 cm³/mol. The lowest BCUT2D eigenvalue weighted by atomic mass is 9.87. The fraction of sp³-hybridized carbons (Fsp3) is 0.136. The third-order valence-electron chi connectivity index (χ3n) is 3.91. The highest BCUT2D eigenvalue weighted by Crippen LogP contribution is 2.28. The van der Waals surface area contributed by atoms with Gasteiger partial charge in [0.15, 0.2) is 5.60 Å². The average molecular weight is 329 g/mol. The Morgan fingerprint density at radius 2 is 1.80 bits per heavy atom. The van der Waals surface area contributed by atoms with Crippen LogP contribution in [0.15, 0.2) is 79.0 Å². The average Bonchev–Trinajstić information content (AvgIpc) is 2.68. The molecular weight excluding hydrogens is 310 g/mol. The molecule has 1 aromatic heterocycles. The molecule has 1 atom stereocenters. The van der Waals surface area contributed by atoms with E-state index in [0.717, 1.165) is 5.56 Å². The molecule has 1 heterocycles. The van der Waals surface area contributed by atoms with Gasteiger partial charge in [-0.1, -0.05) is 54.5 Å². The first kappa shape index (κ1) is 16.8. The summed E-state index contributed by atoms with van der Waals surface area (Å²) in [5, 5.41) is 11.4. The third kappa shape index (κ3) is 4.26. The zero-order valence-electron chi connectivity index (χ0n) is 14.0. The van der Waals surface area contributed by atoms with E-state index in [2.05, 4.69) is 16.8 Å². The molecule has 0 aliphatic heterocycles. The van der Waals surface area contributed by atoms with Crippen molar-refractivity contribution >= 4 is 0 Å². The molecule has 3 heteroatoms. The second kappa shape index (κ2) is 7.65. The number of rotatable bonds is 4. The summed E-state index contributed by atoms with van der Waals surface area (Å²) in [5.74, 6) is 6.69. The fourth-order valence-electron chi connectivity index (χ4n) is 2.59. The minimum atomic E-state index is -1.34. The molecule has 0 aliphatic carbocycles. The molecule has 1 N–H and O–H groups in total. The normalized spacial score (nSPS) is 12.6. The molecular formula is C22H19NO2.